The maximum atomic E-state index is 13.7. The molecule has 0 aliphatic rings. The summed E-state index contributed by atoms with van der Waals surface area (Å²) in [7, 11) is 0. The molecule has 0 spiro atoms. The van der Waals surface area contributed by atoms with Gasteiger partial charge in [0.25, 0.3) is 0 Å². The topological polar surface area (TPSA) is 47.7 Å². The quantitative estimate of drug-likeness (QED) is 0.746. The van der Waals surface area contributed by atoms with E-state index in [1.165, 1.54) is 12.1 Å². The van der Waals surface area contributed by atoms with Crippen LogP contribution in [0.25, 0.3) is 0 Å². The molecule has 0 aliphatic heterocycles. The third-order valence-electron chi connectivity index (χ3n) is 2.99. The molecule has 1 aromatic rings. The van der Waals surface area contributed by atoms with E-state index in [0.717, 1.165) is 19.6 Å². The number of nitrogens with two attached hydrogens (primary N) is 1. The summed E-state index contributed by atoms with van der Waals surface area (Å²) < 4.78 is 24.7. The highest BCUT2D eigenvalue weighted by molar-refractivity contribution is 5.56. The average Bonchev–Trinajstić information content (AvgIpc) is 2.39. The Morgan fingerprint density at radius 3 is 2.40 bits per heavy atom. The molecule has 0 atom stereocenters. The van der Waals surface area contributed by atoms with Crippen molar-refractivity contribution < 1.29 is 13.9 Å². The van der Waals surface area contributed by atoms with Gasteiger partial charge < -0.3 is 20.1 Å². The van der Waals surface area contributed by atoms with Gasteiger partial charge in [-0.3, -0.25) is 0 Å². The van der Waals surface area contributed by atoms with Crippen LogP contribution in [0, 0.1) is 5.82 Å². The first kappa shape index (κ1) is 16.6. The van der Waals surface area contributed by atoms with E-state index in [0.29, 0.717) is 12.4 Å². The van der Waals surface area contributed by atoms with Gasteiger partial charge >= 0.3 is 0 Å². The minimum Gasteiger partial charge on any atom is -0.490 e. The van der Waals surface area contributed by atoms with E-state index in [4.69, 9.17) is 15.2 Å². The molecule has 114 valence electrons. The smallest absolute Gasteiger partial charge is 0.167 e. The van der Waals surface area contributed by atoms with Crippen molar-refractivity contribution in [3.05, 3.63) is 17.9 Å². The largest absolute Gasteiger partial charge is 0.490 e. The van der Waals surface area contributed by atoms with Gasteiger partial charge in [-0.05, 0) is 26.9 Å². The summed E-state index contributed by atoms with van der Waals surface area (Å²) in [6.07, 6.45) is -0.100. The minimum atomic E-state index is -0.465. The van der Waals surface area contributed by atoms with Crippen LogP contribution in [0.2, 0.25) is 0 Å². The van der Waals surface area contributed by atoms with E-state index in [9.17, 15) is 4.39 Å². The van der Waals surface area contributed by atoms with Gasteiger partial charge in [0.1, 0.15) is 12.4 Å². The summed E-state index contributed by atoms with van der Waals surface area (Å²) in [5, 5.41) is 0. The summed E-state index contributed by atoms with van der Waals surface area (Å²) in [6.45, 7) is 11.2. The minimum absolute atomic E-state index is 0.100. The van der Waals surface area contributed by atoms with Gasteiger partial charge in [-0.15, -0.1) is 0 Å². The van der Waals surface area contributed by atoms with Crippen molar-refractivity contribution in [3.63, 3.8) is 0 Å². The normalized spacial score (nSPS) is 11.2. The van der Waals surface area contributed by atoms with E-state index in [1.807, 2.05) is 13.8 Å². The molecular formula is C15H25FN2O2. The van der Waals surface area contributed by atoms with Gasteiger partial charge in [0.2, 0.25) is 0 Å². The van der Waals surface area contributed by atoms with E-state index >= 15 is 0 Å². The molecule has 1 rings (SSSR count). The third kappa shape index (κ3) is 4.89. The Bertz CT molecular complexity index is 421. The highest BCUT2D eigenvalue weighted by Gasteiger charge is 2.12. The maximum absolute atomic E-state index is 13.7. The van der Waals surface area contributed by atoms with E-state index < -0.39 is 5.82 Å². The highest BCUT2D eigenvalue weighted by Crippen LogP contribution is 2.30. The van der Waals surface area contributed by atoms with Crippen LogP contribution in [0.3, 0.4) is 0 Å². The lowest BCUT2D eigenvalue weighted by Crippen LogP contribution is -2.28. The Morgan fingerprint density at radius 2 is 1.85 bits per heavy atom. The van der Waals surface area contributed by atoms with Crippen LogP contribution < -0.4 is 15.2 Å². The number of ether oxygens (including phenoxy) is 2. The van der Waals surface area contributed by atoms with Crippen molar-refractivity contribution in [2.75, 3.05) is 32.0 Å². The van der Waals surface area contributed by atoms with Crippen molar-refractivity contribution in [2.24, 2.45) is 0 Å². The number of hydrogen-bond donors (Lipinski definition) is 1. The lowest BCUT2D eigenvalue weighted by Gasteiger charge is -2.19. The number of anilines is 1. The first-order valence-electron chi connectivity index (χ1n) is 7.08. The Morgan fingerprint density at radius 1 is 1.20 bits per heavy atom. The molecule has 0 heterocycles. The van der Waals surface area contributed by atoms with E-state index in [-0.39, 0.29) is 17.5 Å². The monoisotopic (exact) mass is 284 g/mol. The second-order valence-electron chi connectivity index (χ2n) is 4.86. The second-order valence-corrected chi connectivity index (χ2v) is 4.86. The first-order valence-corrected chi connectivity index (χ1v) is 7.08. The van der Waals surface area contributed by atoms with Crippen LogP contribution in [0.1, 0.15) is 27.7 Å². The van der Waals surface area contributed by atoms with Gasteiger partial charge in [0, 0.05) is 18.7 Å². The van der Waals surface area contributed by atoms with Gasteiger partial charge in [0.05, 0.1) is 11.8 Å². The van der Waals surface area contributed by atoms with Crippen LogP contribution in [0.15, 0.2) is 12.1 Å². The molecule has 0 unspecified atom stereocenters. The van der Waals surface area contributed by atoms with Gasteiger partial charge in [-0.2, -0.15) is 0 Å². The summed E-state index contributed by atoms with van der Waals surface area (Å²) in [6, 6.07) is 2.76. The fourth-order valence-corrected chi connectivity index (χ4v) is 1.84. The Labute approximate surface area is 120 Å². The number of halogens is 1. The molecule has 1 aromatic carbocycles. The van der Waals surface area contributed by atoms with E-state index in [1.54, 1.807) is 0 Å². The summed E-state index contributed by atoms with van der Waals surface area (Å²) in [4.78, 5) is 2.24. The van der Waals surface area contributed by atoms with Crippen LogP contribution in [0.4, 0.5) is 10.1 Å². The number of hydrogen-bond acceptors (Lipinski definition) is 4. The predicted molar refractivity (Wildman–Crippen MR) is 79.9 cm³/mol. The van der Waals surface area contributed by atoms with Crippen molar-refractivity contribution in [1.82, 2.24) is 4.90 Å². The molecule has 4 nitrogen and oxygen atoms in total. The second kappa shape index (κ2) is 7.94. The fourth-order valence-electron chi connectivity index (χ4n) is 1.84. The van der Waals surface area contributed by atoms with Crippen LogP contribution in [-0.4, -0.2) is 37.2 Å². The number of benzene rings is 1. The van der Waals surface area contributed by atoms with Gasteiger partial charge in [0.15, 0.2) is 11.6 Å². The molecule has 0 aromatic heterocycles. The standard InChI is InChI=1S/C15H25FN2O2/c1-5-18(6-2)7-8-19-15-10-14(20-11(3)4)12(16)9-13(15)17/h9-11H,5-8,17H2,1-4H3. The number of rotatable bonds is 8. The van der Waals surface area contributed by atoms with Crippen molar-refractivity contribution in [1.29, 1.82) is 0 Å². The Balaban J connectivity index is 2.69. The van der Waals surface area contributed by atoms with Crippen molar-refractivity contribution in [2.45, 2.75) is 33.8 Å². The lowest BCUT2D eigenvalue weighted by molar-refractivity contribution is 0.216. The maximum Gasteiger partial charge on any atom is 0.167 e. The SMILES string of the molecule is CCN(CC)CCOc1cc(OC(C)C)c(F)cc1N. The summed E-state index contributed by atoms with van der Waals surface area (Å²) in [5.74, 6) is 0.175. The number of nitrogen functional groups attached to an aromatic ring is 1. The fraction of sp³-hybridized carbons (Fsp3) is 0.600. The predicted octanol–water partition coefficient (Wildman–Crippen LogP) is 2.92. The average molecular weight is 284 g/mol. The molecule has 0 fully saturated rings. The van der Waals surface area contributed by atoms with E-state index in [2.05, 4.69) is 18.7 Å². The molecule has 5 heteroatoms. The lowest BCUT2D eigenvalue weighted by atomic mass is 10.2. The molecule has 0 saturated heterocycles. The molecule has 2 N–H and O–H groups in total. The zero-order valence-electron chi connectivity index (χ0n) is 12.8. The first-order chi connectivity index (χ1) is 9.47. The Hall–Kier alpha value is -1.49. The van der Waals surface area contributed by atoms with Crippen LogP contribution >= 0.6 is 0 Å². The molecular weight excluding hydrogens is 259 g/mol. The van der Waals surface area contributed by atoms with Crippen molar-refractivity contribution in [3.8, 4) is 11.5 Å². The molecule has 0 radical (unpaired) electrons. The molecule has 0 saturated carbocycles. The van der Waals surface area contributed by atoms with Crippen LogP contribution in [0.5, 0.6) is 11.5 Å². The summed E-state index contributed by atoms with van der Waals surface area (Å²) in [5.41, 5.74) is 6.06. The zero-order chi connectivity index (χ0) is 15.1. The van der Waals surface area contributed by atoms with Crippen molar-refractivity contribution >= 4 is 5.69 Å². The molecule has 0 amide bonds. The number of nitrogens with zero attached hydrogens (tertiary/aromatic N) is 1. The van der Waals surface area contributed by atoms with Gasteiger partial charge in [-0.25, -0.2) is 4.39 Å². The molecule has 0 bridgehead atoms. The Kier molecular flexibility index (Phi) is 6.58. The third-order valence-corrected chi connectivity index (χ3v) is 2.99. The highest BCUT2D eigenvalue weighted by atomic mass is 19.1. The number of likely N-dealkylation sites (N-methyl/N-ethyl adjacent to an activating group) is 1. The molecule has 0 aliphatic carbocycles. The zero-order valence-corrected chi connectivity index (χ0v) is 12.8. The summed E-state index contributed by atoms with van der Waals surface area (Å²) >= 11 is 0. The molecule has 20 heavy (non-hydrogen) atoms. The van der Waals surface area contributed by atoms with Crippen LogP contribution in [-0.2, 0) is 0 Å². The van der Waals surface area contributed by atoms with Gasteiger partial charge in [-0.1, -0.05) is 13.8 Å².